The van der Waals surface area contributed by atoms with E-state index in [9.17, 15) is 27.7 Å². The van der Waals surface area contributed by atoms with E-state index in [-0.39, 0.29) is 42.7 Å². The van der Waals surface area contributed by atoms with Crippen LogP contribution < -0.4 is 0 Å². The third-order valence-corrected chi connectivity index (χ3v) is 6.44. The van der Waals surface area contributed by atoms with Crippen molar-refractivity contribution in [3.63, 3.8) is 0 Å². The van der Waals surface area contributed by atoms with E-state index in [2.05, 4.69) is 0 Å². The number of rotatable bonds is 5. The zero-order chi connectivity index (χ0) is 21.0. The van der Waals surface area contributed by atoms with Crippen molar-refractivity contribution in [2.45, 2.75) is 4.90 Å². The summed E-state index contributed by atoms with van der Waals surface area (Å²) < 4.78 is 40.2. The molecule has 1 aliphatic rings. The number of halogens is 1. The number of amides is 1. The van der Waals surface area contributed by atoms with E-state index in [1.165, 1.54) is 53.5 Å². The summed E-state index contributed by atoms with van der Waals surface area (Å²) in [7, 11) is -3.97. The smallest absolute Gasteiger partial charge is 0.270 e. The normalized spacial score (nSPS) is 15.6. The van der Waals surface area contributed by atoms with Crippen molar-refractivity contribution < 1.29 is 22.5 Å². The highest BCUT2D eigenvalue weighted by molar-refractivity contribution is 7.89. The van der Waals surface area contributed by atoms with Crippen LogP contribution in [0.3, 0.4) is 0 Å². The number of nitrogens with zero attached hydrogens (tertiary/aromatic N) is 3. The molecule has 1 aliphatic heterocycles. The van der Waals surface area contributed by atoms with E-state index in [1.54, 1.807) is 6.07 Å². The number of carbonyl (C=O) groups excluding carboxylic acids is 1. The second-order valence-corrected chi connectivity index (χ2v) is 8.25. The van der Waals surface area contributed by atoms with Crippen molar-refractivity contribution in [1.82, 2.24) is 9.21 Å². The molecule has 10 heteroatoms. The highest BCUT2D eigenvalue weighted by Gasteiger charge is 2.31. The van der Waals surface area contributed by atoms with Gasteiger partial charge in [-0.2, -0.15) is 4.31 Å². The van der Waals surface area contributed by atoms with Gasteiger partial charge in [0.25, 0.3) is 5.69 Å². The topological polar surface area (TPSA) is 101 Å². The Labute approximate surface area is 167 Å². The number of non-ortho nitro benzene ring substituents is 1. The van der Waals surface area contributed by atoms with Crippen LogP contribution in [0, 0.1) is 15.9 Å². The lowest BCUT2D eigenvalue weighted by atomic mass is 10.2. The molecule has 0 atom stereocenters. The van der Waals surface area contributed by atoms with Crippen molar-refractivity contribution in [2.24, 2.45) is 0 Å². The van der Waals surface area contributed by atoms with E-state index in [0.717, 1.165) is 10.4 Å². The van der Waals surface area contributed by atoms with Gasteiger partial charge in [0, 0.05) is 44.4 Å². The molecule has 2 aromatic rings. The monoisotopic (exact) mass is 419 g/mol. The molecule has 8 nitrogen and oxygen atoms in total. The number of hydrogen-bond acceptors (Lipinski definition) is 5. The number of hydrogen-bond donors (Lipinski definition) is 0. The van der Waals surface area contributed by atoms with Crippen molar-refractivity contribution in [1.29, 1.82) is 0 Å². The van der Waals surface area contributed by atoms with Crippen LogP contribution in [0.15, 0.2) is 59.5 Å². The molecule has 1 heterocycles. The first-order valence-corrected chi connectivity index (χ1v) is 10.2. The Morgan fingerprint density at radius 2 is 1.76 bits per heavy atom. The third kappa shape index (κ3) is 4.66. The fourth-order valence-electron chi connectivity index (χ4n) is 2.96. The lowest BCUT2D eigenvalue weighted by Gasteiger charge is -2.33. The zero-order valence-electron chi connectivity index (χ0n) is 15.3. The maximum atomic E-state index is 13.9. The highest BCUT2D eigenvalue weighted by atomic mass is 32.2. The first-order valence-electron chi connectivity index (χ1n) is 8.75. The second kappa shape index (κ2) is 8.50. The SMILES string of the molecule is O=C(/C=C/c1cccc([N+](=O)[O-])c1)N1CCN(S(=O)(=O)c2ccccc2F)CC1. The van der Waals surface area contributed by atoms with Gasteiger partial charge in [-0.15, -0.1) is 0 Å². The fraction of sp³-hybridized carbons (Fsp3) is 0.211. The average molecular weight is 419 g/mol. The van der Waals surface area contributed by atoms with Gasteiger partial charge >= 0.3 is 0 Å². The van der Waals surface area contributed by atoms with Crippen molar-refractivity contribution in [2.75, 3.05) is 26.2 Å². The van der Waals surface area contributed by atoms with Gasteiger partial charge in [-0.3, -0.25) is 14.9 Å². The number of nitro groups is 1. The molecule has 0 spiro atoms. The number of carbonyl (C=O) groups is 1. The van der Waals surface area contributed by atoms with E-state index >= 15 is 0 Å². The van der Waals surface area contributed by atoms with Crippen LogP contribution in [0.25, 0.3) is 6.08 Å². The molecule has 2 aromatic carbocycles. The van der Waals surface area contributed by atoms with E-state index in [1.807, 2.05) is 0 Å². The maximum Gasteiger partial charge on any atom is 0.270 e. The van der Waals surface area contributed by atoms with Gasteiger partial charge in [-0.05, 0) is 23.8 Å². The first-order chi connectivity index (χ1) is 13.8. The molecule has 0 bridgehead atoms. The van der Waals surface area contributed by atoms with E-state index in [4.69, 9.17) is 0 Å². The van der Waals surface area contributed by atoms with Crippen LogP contribution in [0.5, 0.6) is 0 Å². The minimum Gasteiger partial charge on any atom is -0.337 e. The third-order valence-electron chi connectivity index (χ3n) is 4.50. The Bertz CT molecular complexity index is 1060. The Kier molecular flexibility index (Phi) is 6.04. The standard InChI is InChI=1S/C19H18FN3O5S/c20-17-6-1-2-7-18(17)29(27,28)22-12-10-21(11-13-22)19(24)9-8-15-4-3-5-16(14-15)23(25)26/h1-9,14H,10-13H2/b9-8+. The molecule has 0 N–H and O–H groups in total. The number of piperazine rings is 1. The second-order valence-electron chi connectivity index (χ2n) is 6.35. The van der Waals surface area contributed by atoms with Gasteiger partial charge in [0.2, 0.25) is 15.9 Å². The molecule has 0 aromatic heterocycles. The summed E-state index contributed by atoms with van der Waals surface area (Å²) in [4.78, 5) is 23.7. The summed E-state index contributed by atoms with van der Waals surface area (Å²) in [6.07, 6.45) is 2.76. The summed E-state index contributed by atoms with van der Waals surface area (Å²) in [6.45, 7) is 0.414. The maximum absolute atomic E-state index is 13.9. The Balaban J connectivity index is 1.63. The first kappa shape index (κ1) is 20.6. The van der Waals surface area contributed by atoms with Gasteiger partial charge in [-0.25, -0.2) is 12.8 Å². The fourth-order valence-corrected chi connectivity index (χ4v) is 4.44. The molecular formula is C19H18FN3O5S. The zero-order valence-corrected chi connectivity index (χ0v) is 16.1. The van der Waals surface area contributed by atoms with E-state index < -0.39 is 20.8 Å². The van der Waals surface area contributed by atoms with Gasteiger partial charge in [0.1, 0.15) is 10.7 Å². The number of nitro benzene ring substituents is 1. The molecule has 1 fully saturated rings. The molecule has 0 aliphatic carbocycles. The Morgan fingerprint density at radius 3 is 2.41 bits per heavy atom. The average Bonchev–Trinajstić information content (AvgIpc) is 2.72. The quantitative estimate of drug-likeness (QED) is 0.420. The number of sulfonamides is 1. The lowest BCUT2D eigenvalue weighted by Crippen LogP contribution is -2.50. The molecule has 152 valence electrons. The van der Waals surface area contributed by atoms with Crippen LogP contribution in [-0.2, 0) is 14.8 Å². The van der Waals surface area contributed by atoms with Crippen molar-refractivity contribution >= 4 is 27.7 Å². The Morgan fingerprint density at radius 1 is 1.07 bits per heavy atom. The van der Waals surface area contributed by atoms with E-state index in [0.29, 0.717) is 5.56 Å². The molecule has 29 heavy (non-hydrogen) atoms. The van der Waals surface area contributed by atoms with Gasteiger partial charge in [-0.1, -0.05) is 24.3 Å². The summed E-state index contributed by atoms with van der Waals surface area (Å²) in [6, 6.07) is 11.0. The largest absolute Gasteiger partial charge is 0.337 e. The van der Waals surface area contributed by atoms with Crippen LogP contribution >= 0.6 is 0 Å². The Hall–Kier alpha value is -3.11. The van der Waals surface area contributed by atoms with Gasteiger partial charge < -0.3 is 4.90 Å². The summed E-state index contributed by atoms with van der Waals surface area (Å²) >= 11 is 0. The molecule has 3 rings (SSSR count). The van der Waals surface area contributed by atoms with Gasteiger partial charge in [0.15, 0.2) is 0 Å². The molecule has 0 saturated carbocycles. The summed E-state index contributed by atoms with van der Waals surface area (Å²) in [5.41, 5.74) is 0.430. The van der Waals surface area contributed by atoms with Crippen molar-refractivity contribution in [3.05, 3.63) is 76.1 Å². The van der Waals surface area contributed by atoms with Crippen molar-refractivity contribution in [3.8, 4) is 0 Å². The van der Waals surface area contributed by atoms with Crippen LogP contribution in [0.1, 0.15) is 5.56 Å². The van der Waals surface area contributed by atoms with Crippen LogP contribution in [0.2, 0.25) is 0 Å². The van der Waals surface area contributed by atoms with Crippen LogP contribution in [0.4, 0.5) is 10.1 Å². The number of benzene rings is 2. The highest BCUT2D eigenvalue weighted by Crippen LogP contribution is 2.20. The molecule has 1 saturated heterocycles. The lowest BCUT2D eigenvalue weighted by molar-refractivity contribution is -0.384. The summed E-state index contributed by atoms with van der Waals surface area (Å²) in [5, 5.41) is 10.8. The molecule has 0 radical (unpaired) electrons. The predicted octanol–water partition coefficient (Wildman–Crippen LogP) is 2.28. The summed E-state index contributed by atoms with van der Waals surface area (Å²) in [5.74, 6) is -1.15. The molecule has 0 unspecified atom stereocenters. The predicted molar refractivity (Wildman–Crippen MR) is 104 cm³/mol. The minimum atomic E-state index is -3.97. The molecular weight excluding hydrogens is 401 g/mol. The minimum absolute atomic E-state index is 0.0487. The molecule has 1 amide bonds. The van der Waals surface area contributed by atoms with Gasteiger partial charge in [0.05, 0.1) is 4.92 Å². The van der Waals surface area contributed by atoms with Crippen LogP contribution in [-0.4, -0.2) is 54.6 Å².